The van der Waals surface area contributed by atoms with Crippen LogP contribution in [0.15, 0.2) is 0 Å². The predicted molar refractivity (Wildman–Crippen MR) is 68.6 cm³/mol. The van der Waals surface area contributed by atoms with Gasteiger partial charge in [-0.2, -0.15) is 0 Å². The van der Waals surface area contributed by atoms with Crippen LogP contribution >= 0.6 is 0 Å². The summed E-state index contributed by atoms with van der Waals surface area (Å²) in [5.41, 5.74) is 0. The maximum absolute atomic E-state index is 9.80. The molecule has 1 N–H and O–H groups in total. The number of likely N-dealkylation sites (tertiary alicyclic amines) is 1. The Morgan fingerprint density at radius 3 is 2.56 bits per heavy atom. The molecule has 3 nitrogen and oxygen atoms in total. The van der Waals surface area contributed by atoms with Gasteiger partial charge in [0.15, 0.2) is 0 Å². The van der Waals surface area contributed by atoms with Crippen LogP contribution in [0.3, 0.4) is 0 Å². The van der Waals surface area contributed by atoms with Gasteiger partial charge in [0, 0.05) is 6.54 Å². The Hall–Kier alpha value is -0.120. The third kappa shape index (κ3) is 4.40. The van der Waals surface area contributed by atoms with Gasteiger partial charge in [0.25, 0.3) is 0 Å². The number of hydrogen-bond acceptors (Lipinski definition) is 3. The summed E-state index contributed by atoms with van der Waals surface area (Å²) in [4.78, 5) is 4.87. The number of hydrogen-bond donors (Lipinski definition) is 1. The van der Waals surface area contributed by atoms with Gasteiger partial charge in [0.05, 0.1) is 6.10 Å². The van der Waals surface area contributed by atoms with Crippen molar-refractivity contribution in [2.24, 2.45) is 5.92 Å². The zero-order valence-electron chi connectivity index (χ0n) is 11.2. The monoisotopic (exact) mass is 228 g/mol. The molecule has 96 valence electrons. The minimum Gasteiger partial charge on any atom is -0.392 e. The molecule has 0 aromatic rings. The average molecular weight is 228 g/mol. The number of piperidine rings is 1. The molecule has 1 aliphatic rings. The predicted octanol–water partition coefficient (Wildman–Crippen LogP) is 1.42. The first kappa shape index (κ1) is 13.9. The lowest BCUT2D eigenvalue weighted by Crippen LogP contribution is -2.43. The lowest BCUT2D eigenvalue weighted by molar-refractivity contribution is 0.0279. The summed E-state index contributed by atoms with van der Waals surface area (Å²) in [6.07, 6.45) is 2.26. The molecule has 0 bridgehead atoms. The summed E-state index contributed by atoms with van der Waals surface area (Å²) in [6, 6.07) is 0. The van der Waals surface area contributed by atoms with E-state index in [0.717, 1.165) is 39.1 Å². The minimum absolute atomic E-state index is 0.109. The Kier molecular flexibility index (Phi) is 6.32. The Balaban J connectivity index is 2.13. The molecule has 0 saturated carbocycles. The molecule has 1 rings (SSSR count). The van der Waals surface area contributed by atoms with Gasteiger partial charge in [-0.1, -0.05) is 20.8 Å². The number of β-amino-alcohol motifs (C(OH)–C–C–N with tert-alkyl or cyclic N) is 1. The molecule has 0 aliphatic carbocycles. The average Bonchev–Trinajstić information content (AvgIpc) is 2.29. The molecule has 16 heavy (non-hydrogen) atoms. The molecule has 1 aliphatic heterocycles. The fourth-order valence-electron chi connectivity index (χ4n) is 2.38. The van der Waals surface area contributed by atoms with E-state index in [1.807, 2.05) is 0 Å². The van der Waals surface area contributed by atoms with Crippen LogP contribution in [0.5, 0.6) is 0 Å². The van der Waals surface area contributed by atoms with Gasteiger partial charge in [-0.3, -0.25) is 0 Å². The Bertz CT molecular complexity index is 183. The lowest BCUT2D eigenvalue weighted by Gasteiger charge is -2.34. The van der Waals surface area contributed by atoms with Crippen molar-refractivity contribution in [2.45, 2.75) is 39.7 Å². The van der Waals surface area contributed by atoms with E-state index in [2.05, 4.69) is 30.6 Å². The highest BCUT2D eigenvalue weighted by atomic mass is 16.3. The topological polar surface area (TPSA) is 26.7 Å². The molecule has 1 fully saturated rings. The van der Waals surface area contributed by atoms with E-state index in [0.29, 0.717) is 5.92 Å². The van der Waals surface area contributed by atoms with Crippen molar-refractivity contribution in [1.82, 2.24) is 9.80 Å². The van der Waals surface area contributed by atoms with Crippen LogP contribution in [0, 0.1) is 5.92 Å². The second-order valence-corrected chi connectivity index (χ2v) is 5.01. The summed E-state index contributed by atoms with van der Waals surface area (Å²) < 4.78 is 0. The zero-order valence-corrected chi connectivity index (χ0v) is 11.2. The van der Waals surface area contributed by atoms with E-state index >= 15 is 0 Å². The highest BCUT2D eigenvalue weighted by molar-refractivity contribution is 4.77. The number of rotatable bonds is 6. The smallest absolute Gasteiger partial charge is 0.0693 e. The largest absolute Gasteiger partial charge is 0.392 e. The summed E-state index contributed by atoms with van der Waals surface area (Å²) >= 11 is 0. The molecule has 1 saturated heterocycles. The second-order valence-electron chi connectivity index (χ2n) is 5.01. The molecule has 0 spiro atoms. The highest BCUT2D eigenvalue weighted by Crippen LogP contribution is 2.16. The van der Waals surface area contributed by atoms with Crippen molar-refractivity contribution in [3.8, 4) is 0 Å². The normalized spacial score (nSPS) is 27.6. The van der Waals surface area contributed by atoms with Crippen LogP contribution < -0.4 is 0 Å². The van der Waals surface area contributed by atoms with Crippen LogP contribution in [0.4, 0.5) is 0 Å². The van der Waals surface area contributed by atoms with Gasteiger partial charge >= 0.3 is 0 Å². The molecule has 2 atom stereocenters. The van der Waals surface area contributed by atoms with E-state index in [1.165, 1.54) is 13.0 Å². The van der Waals surface area contributed by atoms with Gasteiger partial charge in [0.1, 0.15) is 0 Å². The van der Waals surface area contributed by atoms with Crippen molar-refractivity contribution in [3.05, 3.63) is 0 Å². The standard InChI is InChI=1S/C13H28N2O/c1-4-14(5-2)8-6-9-15-10-7-12(3)13(16)11-15/h12-13,16H,4-11H2,1-3H3/t12-,13+/m0/s1. The van der Waals surface area contributed by atoms with Crippen LogP contribution in [0.25, 0.3) is 0 Å². The molecule has 0 unspecified atom stereocenters. The van der Waals surface area contributed by atoms with Crippen molar-refractivity contribution in [1.29, 1.82) is 0 Å². The van der Waals surface area contributed by atoms with E-state index < -0.39 is 0 Å². The Morgan fingerprint density at radius 1 is 1.31 bits per heavy atom. The van der Waals surface area contributed by atoms with E-state index in [1.54, 1.807) is 0 Å². The molecular weight excluding hydrogens is 200 g/mol. The van der Waals surface area contributed by atoms with Crippen LogP contribution in [-0.2, 0) is 0 Å². The molecule has 1 heterocycles. The van der Waals surface area contributed by atoms with Crippen molar-refractivity contribution >= 4 is 0 Å². The van der Waals surface area contributed by atoms with Crippen molar-refractivity contribution in [3.63, 3.8) is 0 Å². The first-order valence-electron chi connectivity index (χ1n) is 6.80. The fraction of sp³-hybridized carbons (Fsp3) is 1.00. The van der Waals surface area contributed by atoms with E-state index in [-0.39, 0.29) is 6.10 Å². The molecular formula is C13H28N2O. The quantitative estimate of drug-likeness (QED) is 0.745. The molecule has 0 amide bonds. The van der Waals surface area contributed by atoms with Gasteiger partial charge < -0.3 is 14.9 Å². The maximum atomic E-state index is 9.80. The van der Waals surface area contributed by atoms with Gasteiger partial charge in [-0.05, 0) is 51.5 Å². The summed E-state index contributed by atoms with van der Waals surface area (Å²) in [5.74, 6) is 0.485. The first-order valence-corrected chi connectivity index (χ1v) is 6.80. The maximum Gasteiger partial charge on any atom is 0.0693 e. The number of aliphatic hydroxyl groups is 1. The molecule has 0 aromatic heterocycles. The van der Waals surface area contributed by atoms with Gasteiger partial charge in [-0.15, -0.1) is 0 Å². The summed E-state index contributed by atoms with van der Waals surface area (Å²) in [5, 5.41) is 9.80. The van der Waals surface area contributed by atoms with Gasteiger partial charge in [0.2, 0.25) is 0 Å². The fourth-order valence-corrected chi connectivity index (χ4v) is 2.38. The molecule has 0 aromatic carbocycles. The van der Waals surface area contributed by atoms with Crippen LogP contribution in [0.1, 0.15) is 33.6 Å². The third-order valence-electron chi connectivity index (χ3n) is 3.85. The lowest BCUT2D eigenvalue weighted by atomic mass is 9.96. The minimum atomic E-state index is -0.109. The van der Waals surface area contributed by atoms with Crippen molar-refractivity contribution in [2.75, 3.05) is 39.3 Å². The van der Waals surface area contributed by atoms with Crippen LogP contribution in [-0.4, -0.2) is 60.3 Å². The Morgan fingerprint density at radius 2 is 2.00 bits per heavy atom. The van der Waals surface area contributed by atoms with Gasteiger partial charge in [-0.25, -0.2) is 0 Å². The Labute approximate surface area is 100 Å². The molecule has 0 radical (unpaired) electrons. The van der Waals surface area contributed by atoms with E-state index in [9.17, 15) is 5.11 Å². The highest BCUT2D eigenvalue weighted by Gasteiger charge is 2.23. The number of aliphatic hydroxyl groups excluding tert-OH is 1. The second kappa shape index (κ2) is 7.25. The summed E-state index contributed by atoms with van der Waals surface area (Å²) in [6.45, 7) is 13.3. The van der Waals surface area contributed by atoms with Crippen molar-refractivity contribution < 1.29 is 5.11 Å². The zero-order chi connectivity index (χ0) is 12.0. The SMILES string of the molecule is CCN(CC)CCCN1CC[C@H](C)[C@H](O)C1. The van der Waals surface area contributed by atoms with E-state index in [4.69, 9.17) is 0 Å². The first-order chi connectivity index (χ1) is 7.67. The number of nitrogens with zero attached hydrogens (tertiary/aromatic N) is 2. The molecule has 3 heteroatoms. The third-order valence-corrected chi connectivity index (χ3v) is 3.85. The van der Waals surface area contributed by atoms with Crippen LogP contribution in [0.2, 0.25) is 0 Å². The summed E-state index contributed by atoms with van der Waals surface area (Å²) in [7, 11) is 0.